The zero-order chi connectivity index (χ0) is 18.3. The fraction of sp³-hybridized carbons (Fsp3) is 0.143. The highest BCUT2D eigenvalue weighted by molar-refractivity contribution is 5.98. The monoisotopic (exact) mass is 347 g/mol. The highest BCUT2D eigenvalue weighted by Crippen LogP contribution is 2.37. The lowest BCUT2D eigenvalue weighted by atomic mass is 9.99. The molecule has 1 aliphatic heterocycles. The summed E-state index contributed by atoms with van der Waals surface area (Å²) in [6.45, 7) is 4.04. The molecular formula is C21H17NO4. The second-order valence-electron chi connectivity index (χ2n) is 6.16. The first-order valence-corrected chi connectivity index (χ1v) is 8.28. The molecule has 1 aliphatic rings. The lowest BCUT2D eigenvalue weighted by Crippen LogP contribution is -2.25. The van der Waals surface area contributed by atoms with Gasteiger partial charge in [0.15, 0.2) is 5.43 Å². The van der Waals surface area contributed by atoms with Gasteiger partial charge in [-0.2, -0.15) is 0 Å². The molecule has 0 bridgehead atoms. The fourth-order valence-corrected chi connectivity index (χ4v) is 3.33. The standard InChI is InChI=1S/C21H17NO4/c1-3-12-25-14-10-8-13(9-11-14)18-17-19(23)15-6-4-5-7-16(15)26-20(17)21(24)22(18)2/h3-11,18H,1,12H2,2H3. The molecule has 130 valence electrons. The lowest BCUT2D eigenvalue weighted by Gasteiger charge is -2.20. The summed E-state index contributed by atoms with van der Waals surface area (Å²) < 4.78 is 11.3. The van der Waals surface area contributed by atoms with E-state index in [1.54, 1.807) is 37.4 Å². The van der Waals surface area contributed by atoms with Gasteiger partial charge < -0.3 is 14.1 Å². The Morgan fingerprint density at radius 2 is 1.88 bits per heavy atom. The Kier molecular flexibility index (Phi) is 3.84. The fourth-order valence-electron chi connectivity index (χ4n) is 3.33. The largest absolute Gasteiger partial charge is 0.490 e. The Hall–Kier alpha value is -3.34. The number of hydrogen-bond acceptors (Lipinski definition) is 4. The summed E-state index contributed by atoms with van der Waals surface area (Å²) in [7, 11) is 1.68. The third-order valence-electron chi connectivity index (χ3n) is 4.57. The van der Waals surface area contributed by atoms with Crippen molar-refractivity contribution in [2.24, 2.45) is 0 Å². The van der Waals surface area contributed by atoms with Crippen LogP contribution in [0.2, 0.25) is 0 Å². The number of para-hydroxylation sites is 1. The Labute approximate surface area is 150 Å². The Morgan fingerprint density at radius 3 is 2.62 bits per heavy atom. The number of hydrogen-bond donors (Lipinski definition) is 0. The van der Waals surface area contributed by atoms with Crippen molar-refractivity contribution in [3.05, 3.63) is 88.3 Å². The van der Waals surface area contributed by atoms with E-state index < -0.39 is 6.04 Å². The smallest absolute Gasteiger partial charge is 0.290 e. The Bertz CT molecular complexity index is 1070. The van der Waals surface area contributed by atoms with Gasteiger partial charge in [0.05, 0.1) is 17.0 Å². The number of benzene rings is 2. The van der Waals surface area contributed by atoms with Gasteiger partial charge in [0, 0.05) is 7.05 Å². The van der Waals surface area contributed by atoms with E-state index in [0.717, 1.165) is 5.56 Å². The summed E-state index contributed by atoms with van der Waals surface area (Å²) in [5, 5.41) is 0.477. The SMILES string of the molecule is C=CCOc1ccc(C2c3c(oc4ccccc4c3=O)C(=O)N2C)cc1. The molecule has 3 aromatic rings. The maximum absolute atomic E-state index is 13.0. The van der Waals surface area contributed by atoms with Crippen molar-refractivity contribution in [3.63, 3.8) is 0 Å². The minimum Gasteiger partial charge on any atom is -0.490 e. The van der Waals surface area contributed by atoms with E-state index in [-0.39, 0.29) is 17.1 Å². The summed E-state index contributed by atoms with van der Waals surface area (Å²) in [4.78, 5) is 27.2. The highest BCUT2D eigenvalue weighted by Gasteiger charge is 2.40. The molecular weight excluding hydrogens is 330 g/mol. The number of nitrogens with zero attached hydrogens (tertiary/aromatic N) is 1. The lowest BCUT2D eigenvalue weighted by molar-refractivity contribution is 0.0771. The van der Waals surface area contributed by atoms with E-state index in [1.807, 2.05) is 24.3 Å². The number of rotatable bonds is 4. The van der Waals surface area contributed by atoms with Crippen LogP contribution in [0.25, 0.3) is 11.0 Å². The van der Waals surface area contributed by atoms with Gasteiger partial charge in [0.1, 0.15) is 17.9 Å². The average Bonchev–Trinajstić information content (AvgIpc) is 2.92. The number of ether oxygens (including phenoxy) is 1. The first kappa shape index (κ1) is 16.1. The van der Waals surface area contributed by atoms with E-state index in [0.29, 0.717) is 28.9 Å². The predicted molar refractivity (Wildman–Crippen MR) is 98.6 cm³/mol. The van der Waals surface area contributed by atoms with Crippen LogP contribution in [0.4, 0.5) is 0 Å². The molecule has 0 radical (unpaired) electrons. The van der Waals surface area contributed by atoms with Gasteiger partial charge in [-0.15, -0.1) is 0 Å². The molecule has 4 rings (SSSR count). The Balaban J connectivity index is 1.84. The number of fused-ring (bicyclic) bond motifs is 2. The zero-order valence-electron chi connectivity index (χ0n) is 14.3. The molecule has 1 atom stereocenters. The van der Waals surface area contributed by atoms with Gasteiger partial charge in [-0.05, 0) is 29.8 Å². The third-order valence-corrected chi connectivity index (χ3v) is 4.57. The summed E-state index contributed by atoms with van der Waals surface area (Å²) in [6, 6.07) is 13.8. The normalized spacial score (nSPS) is 16.0. The number of carbonyl (C=O) groups excluding carboxylic acids is 1. The van der Waals surface area contributed by atoms with E-state index in [1.165, 1.54) is 4.90 Å². The first-order valence-electron chi connectivity index (χ1n) is 8.28. The quantitative estimate of drug-likeness (QED) is 0.678. The van der Waals surface area contributed by atoms with Crippen LogP contribution in [-0.4, -0.2) is 24.5 Å². The van der Waals surface area contributed by atoms with Gasteiger partial charge in [-0.3, -0.25) is 9.59 Å². The first-order chi connectivity index (χ1) is 12.6. The number of carbonyl (C=O) groups is 1. The van der Waals surface area contributed by atoms with Crippen molar-refractivity contribution in [2.75, 3.05) is 13.7 Å². The van der Waals surface area contributed by atoms with Gasteiger partial charge in [0.25, 0.3) is 5.91 Å². The molecule has 0 saturated heterocycles. The second-order valence-corrected chi connectivity index (χ2v) is 6.16. The molecule has 2 aromatic carbocycles. The maximum Gasteiger partial charge on any atom is 0.290 e. The average molecular weight is 347 g/mol. The molecule has 1 aromatic heterocycles. The van der Waals surface area contributed by atoms with Crippen molar-refractivity contribution in [1.82, 2.24) is 4.90 Å². The van der Waals surface area contributed by atoms with Crippen LogP contribution in [0.15, 0.2) is 70.4 Å². The van der Waals surface area contributed by atoms with Crippen LogP contribution in [-0.2, 0) is 0 Å². The molecule has 0 spiro atoms. The molecule has 1 amide bonds. The van der Waals surface area contributed by atoms with Crippen molar-refractivity contribution in [3.8, 4) is 5.75 Å². The van der Waals surface area contributed by atoms with Crippen LogP contribution < -0.4 is 10.2 Å². The van der Waals surface area contributed by atoms with Crippen LogP contribution in [0.1, 0.15) is 27.7 Å². The molecule has 0 aliphatic carbocycles. The van der Waals surface area contributed by atoms with Crippen LogP contribution in [0.3, 0.4) is 0 Å². The second kappa shape index (κ2) is 6.19. The number of amides is 1. The van der Waals surface area contributed by atoms with Gasteiger partial charge in [-0.25, -0.2) is 0 Å². The summed E-state index contributed by atoms with van der Waals surface area (Å²) in [6.07, 6.45) is 1.67. The zero-order valence-corrected chi connectivity index (χ0v) is 14.3. The van der Waals surface area contributed by atoms with E-state index in [2.05, 4.69) is 6.58 Å². The Morgan fingerprint density at radius 1 is 1.15 bits per heavy atom. The van der Waals surface area contributed by atoms with Crippen molar-refractivity contribution in [2.45, 2.75) is 6.04 Å². The summed E-state index contributed by atoms with van der Waals surface area (Å²) in [5.41, 5.74) is 1.47. The molecule has 5 nitrogen and oxygen atoms in total. The molecule has 0 N–H and O–H groups in total. The maximum atomic E-state index is 13.0. The van der Waals surface area contributed by atoms with Crippen LogP contribution in [0, 0.1) is 0 Å². The van der Waals surface area contributed by atoms with E-state index in [9.17, 15) is 9.59 Å². The van der Waals surface area contributed by atoms with Crippen LogP contribution in [0.5, 0.6) is 5.75 Å². The predicted octanol–water partition coefficient (Wildman–Crippen LogP) is 3.53. The summed E-state index contributed by atoms with van der Waals surface area (Å²) in [5.74, 6) is 0.527. The molecule has 5 heteroatoms. The molecule has 2 heterocycles. The van der Waals surface area contributed by atoms with Crippen LogP contribution >= 0.6 is 0 Å². The molecule has 0 fully saturated rings. The van der Waals surface area contributed by atoms with Crippen molar-refractivity contribution < 1.29 is 13.9 Å². The van der Waals surface area contributed by atoms with Gasteiger partial charge in [-0.1, -0.05) is 36.9 Å². The topological polar surface area (TPSA) is 59.8 Å². The van der Waals surface area contributed by atoms with Gasteiger partial charge >= 0.3 is 0 Å². The summed E-state index contributed by atoms with van der Waals surface area (Å²) >= 11 is 0. The van der Waals surface area contributed by atoms with Gasteiger partial charge in [0.2, 0.25) is 5.76 Å². The minimum absolute atomic E-state index is 0.119. The minimum atomic E-state index is -0.480. The van der Waals surface area contributed by atoms with Crippen molar-refractivity contribution in [1.29, 1.82) is 0 Å². The highest BCUT2D eigenvalue weighted by atomic mass is 16.5. The van der Waals surface area contributed by atoms with E-state index >= 15 is 0 Å². The third kappa shape index (κ3) is 2.40. The molecule has 1 unspecified atom stereocenters. The van der Waals surface area contributed by atoms with Crippen molar-refractivity contribution >= 4 is 16.9 Å². The molecule has 26 heavy (non-hydrogen) atoms. The molecule has 0 saturated carbocycles. The van der Waals surface area contributed by atoms with E-state index in [4.69, 9.17) is 9.15 Å².